The van der Waals surface area contributed by atoms with Crippen LogP contribution in [-0.2, 0) is 19.1 Å². The maximum Gasteiger partial charge on any atom is 0.295 e. The second-order valence-corrected chi connectivity index (χ2v) is 6.65. The normalized spacial score (nSPS) is 18.3. The van der Waals surface area contributed by atoms with Crippen LogP contribution in [0.15, 0.2) is 54.1 Å². The number of amides is 1. The highest BCUT2D eigenvalue weighted by molar-refractivity contribution is 6.46. The number of Topliss-reactive ketones (excluding diaryl/α,β-unsaturated/α-hetero) is 1. The van der Waals surface area contributed by atoms with Gasteiger partial charge in [0.05, 0.1) is 25.3 Å². The summed E-state index contributed by atoms with van der Waals surface area (Å²) in [5.41, 5.74) is 0.818. The van der Waals surface area contributed by atoms with E-state index in [1.807, 2.05) is 0 Å². The number of ketones is 1. The number of carbonyl (C=O) groups is 2. The summed E-state index contributed by atoms with van der Waals surface area (Å²) in [6, 6.07) is 12.1. The minimum atomic E-state index is -0.924. The molecule has 1 atom stereocenters. The Hall–Kier alpha value is -3.36. The summed E-state index contributed by atoms with van der Waals surface area (Å²) >= 11 is 0. The number of ether oxygens (including phenoxy) is 3. The summed E-state index contributed by atoms with van der Waals surface area (Å²) in [7, 11) is 4.24. The van der Waals surface area contributed by atoms with Crippen LogP contribution in [-0.4, -0.2) is 61.0 Å². The van der Waals surface area contributed by atoms with Gasteiger partial charge in [0, 0.05) is 19.8 Å². The average molecular weight is 413 g/mol. The van der Waals surface area contributed by atoms with Crippen molar-refractivity contribution in [1.29, 1.82) is 0 Å². The highest BCUT2D eigenvalue weighted by Gasteiger charge is 2.47. The number of likely N-dealkylation sites (tertiary alicyclic amines) is 1. The van der Waals surface area contributed by atoms with Crippen molar-refractivity contribution in [3.63, 3.8) is 0 Å². The number of aliphatic hydroxyl groups excluding tert-OH is 1. The van der Waals surface area contributed by atoms with Gasteiger partial charge in [-0.25, -0.2) is 0 Å². The first kappa shape index (κ1) is 21.4. The molecule has 1 saturated heterocycles. The Morgan fingerprint density at radius 2 is 1.73 bits per heavy atom. The van der Waals surface area contributed by atoms with Gasteiger partial charge in [-0.2, -0.15) is 0 Å². The molecule has 1 amide bonds. The Morgan fingerprint density at radius 1 is 1.07 bits per heavy atom. The third kappa shape index (κ3) is 3.87. The third-order valence-electron chi connectivity index (χ3n) is 4.98. The predicted molar refractivity (Wildman–Crippen MR) is 108 cm³/mol. The summed E-state index contributed by atoms with van der Waals surface area (Å²) in [5, 5.41) is 20.9. The molecule has 158 valence electrons. The molecule has 1 heterocycles. The molecular weight excluding hydrogens is 390 g/mol. The smallest absolute Gasteiger partial charge is 0.295 e. The molecule has 3 rings (SSSR count). The largest absolute Gasteiger partial charge is 0.507 e. The summed E-state index contributed by atoms with van der Waals surface area (Å²) in [5.74, 6) is -1.82. The van der Waals surface area contributed by atoms with E-state index in [1.165, 1.54) is 38.4 Å². The molecule has 0 aliphatic carbocycles. The molecule has 8 nitrogen and oxygen atoms in total. The number of nitrogens with zero attached hydrogens (tertiary/aromatic N) is 1. The van der Waals surface area contributed by atoms with E-state index >= 15 is 0 Å². The second kappa shape index (κ2) is 8.98. The van der Waals surface area contributed by atoms with Gasteiger partial charge in [-0.05, 0) is 17.7 Å². The Kier molecular flexibility index (Phi) is 6.39. The lowest BCUT2D eigenvalue weighted by atomic mass is 9.95. The van der Waals surface area contributed by atoms with Crippen LogP contribution in [0.4, 0.5) is 0 Å². The van der Waals surface area contributed by atoms with Crippen molar-refractivity contribution >= 4 is 17.4 Å². The van der Waals surface area contributed by atoms with Gasteiger partial charge in [0.2, 0.25) is 0 Å². The summed E-state index contributed by atoms with van der Waals surface area (Å²) in [6.07, 6.45) is -0.776. The quantitative estimate of drug-likeness (QED) is 0.311. The number of phenols is 1. The van der Waals surface area contributed by atoms with Crippen LogP contribution in [0.2, 0.25) is 0 Å². The van der Waals surface area contributed by atoms with E-state index in [-0.39, 0.29) is 29.4 Å². The minimum Gasteiger partial charge on any atom is -0.507 e. The van der Waals surface area contributed by atoms with Gasteiger partial charge in [0.15, 0.2) is 17.8 Å². The van der Waals surface area contributed by atoms with Gasteiger partial charge in [-0.1, -0.05) is 36.4 Å². The Morgan fingerprint density at radius 3 is 2.33 bits per heavy atom. The van der Waals surface area contributed by atoms with Crippen LogP contribution >= 0.6 is 0 Å². The standard InChI is InChI=1S/C22H23NO7/c1-28-16-11-14(9-10-15(16)24)19-18(20(25)13-7-5-4-6-8-13)21(26)22(27)23(19)12-17(29-2)30-3/h4-11,17,19,24-25H,12H2,1-3H3/t19-/m0/s1. The van der Waals surface area contributed by atoms with Crippen molar-refractivity contribution in [3.8, 4) is 11.5 Å². The van der Waals surface area contributed by atoms with E-state index in [4.69, 9.17) is 14.2 Å². The fourth-order valence-corrected chi connectivity index (χ4v) is 3.44. The molecule has 0 radical (unpaired) electrons. The van der Waals surface area contributed by atoms with Crippen molar-refractivity contribution < 1.29 is 34.0 Å². The van der Waals surface area contributed by atoms with Crippen molar-refractivity contribution in [1.82, 2.24) is 4.90 Å². The Labute approximate surface area is 173 Å². The Balaban J connectivity index is 2.19. The lowest BCUT2D eigenvalue weighted by Crippen LogP contribution is -2.38. The first-order valence-electron chi connectivity index (χ1n) is 9.19. The lowest BCUT2D eigenvalue weighted by molar-refractivity contribution is -0.149. The van der Waals surface area contributed by atoms with Crippen LogP contribution in [0, 0.1) is 0 Å². The maximum absolute atomic E-state index is 12.9. The number of methoxy groups -OCH3 is 3. The van der Waals surface area contributed by atoms with E-state index < -0.39 is 24.0 Å². The number of carbonyl (C=O) groups excluding carboxylic acids is 2. The molecule has 1 aliphatic heterocycles. The SMILES string of the molecule is COc1cc([C@H]2C(=C(O)c3ccccc3)C(=O)C(=O)N2CC(OC)OC)ccc1O. The first-order chi connectivity index (χ1) is 14.4. The maximum atomic E-state index is 12.9. The van der Waals surface area contributed by atoms with Crippen molar-refractivity contribution in [2.45, 2.75) is 12.3 Å². The van der Waals surface area contributed by atoms with Crippen LogP contribution in [0.3, 0.4) is 0 Å². The molecular formula is C22H23NO7. The number of benzene rings is 2. The number of phenolic OH excluding ortho intramolecular Hbond substituents is 1. The van der Waals surface area contributed by atoms with Gasteiger partial charge in [-0.3, -0.25) is 9.59 Å². The molecule has 0 spiro atoms. The number of aliphatic hydroxyl groups is 1. The fraction of sp³-hybridized carbons (Fsp3) is 0.273. The molecule has 1 fully saturated rings. The van der Waals surface area contributed by atoms with E-state index in [0.29, 0.717) is 11.1 Å². The van der Waals surface area contributed by atoms with Gasteiger partial charge >= 0.3 is 0 Å². The van der Waals surface area contributed by atoms with E-state index in [0.717, 1.165) is 0 Å². The first-order valence-corrected chi connectivity index (χ1v) is 9.19. The predicted octanol–water partition coefficient (Wildman–Crippen LogP) is 2.44. The molecule has 0 saturated carbocycles. The van der Waals surface area contributed by atoms with Crippen molar-refractivity contribution in [2.24, 2.45) is 0 Å². The highest BCUT2D eigenvalue weighted by Crippen LogP contribution is 2.41. The number of hydrogen-bond donors (Lipinski definition) is 2. The van der Waals surface area contributed by atoms with Crippen molar-refractivity contribution in [2.75, 3.05) is 27.9 Å². The van der Waals surface area contributed by atoms with Gasteiger partial charge in [0.25, 0.3) is 11.7 Å². The minimum absolute atomic E-state index is 0.0446. The average Bonchev–Trinajstić information content (AvgIpc) is 3.02. The number of aromatic hydroxyl groups is 1. The van der Waals surface area contributed by atoms with Gasteiger partial charge in [0.1, 0.15) is 5.76 Å². The van der Waals surface area contributed by atoms with Crippen molar-refractivity contribution in [3.05, 3.63) is 65.2 Å². The zero-order valence-corrected chi connectivity index (χ0v) is 16.9. The van der Waals surface area contributed by atoms with Gasteiger partial charge in [-0.15, -0.1) is 0 Å². The summed E-state index contributed by atoms with van der Waals surface area (Å²) in [6.45, 7) is -0.0446. The molecule has 0 unspecified atom stereocenters. The number of rotatable bonds is 7. The zero-order valence-electron chi connectivity index (χ0n) is 16.9. The molecule has 2 aromatic rings. The molecule has 0 bridgehead atoms. The molecule has 1 aliphatic rings. The van der Waals surface area contributed by atoms with Crippen LogP contribution in [0.1, 0.15) is 17.2 Å². The fourth-order valence-electron chi connectivity index (χ4n) is 3.44. The highest BCUT2D eigenvalue weighted by atomic mass is 16.7. The van der Waals surface area contributed by atoms with Crippen LogP contribution in [0.5, 0.6) is 11.5 Å². The van der Waals surface area contributed by atoms with E-state index in [1.54, 1.807) is 36.4 Å². The topological polar surface area (TPSA) is 106 Å². The zero-order chi connectivity index (χ0) is 21.8. The lowest BCUT2D eigenvalue weighted by Gasteiger charge is -2.28. The van der Waals surface area contributed by atoms with E-state index in [9.17, 15) is 19.8 Å². The van der Waals surface area contributed by atoms with Crippen LogP contribution < -0.4 is 4.74 Å². The Bertz CT molecular complexity index is 967. The molecule has 2 aromatic carbocycles. The number of hydrogen-bond acceptors (Lipinski definition) is 7. The van der Waals surface area contributed by atoms with Gasteiger partial charge < -0.3 is 29.3 Å². The summed E-state index contributed by atoms with van der Waals surface area (Å²) < 4.78 is 15.6. The molecule has 0 aromatic heterocycles. The second-order valence-electron chi connectivity index (χ2n) is 6.65. The van der Waals surface area contributed by atoms with Crippen LogP contribution in [0.25, 0.3) is 5.76 Å². The molecule has 30 heavy (non-hydrogen) atoms. The molecule has 2 N–H and O–H groups in total. The molecule has 8 heteroatoms. The monoisotopic (exact) mass is 413 g/mol. The van der Waals surface area contributed by atoms with E-state index in [2.05, 4.69) is 0 Å². The third-order valence-corrected chi connectivity index (χ3v) is 4.98. The summed E-state index contributed by atoms with van der Waals surface area (Å²) in [4.78, 5) is 27.1.